The lowest BCUT2D eigenvalue weighted by Crippen LogP contribution is -2.61. The monoisotopic (exact) mass is 613 g/mol. The first-order valence-electron chi connectivity index (χ1n) is 15.5. The number of hydrogen-bond donors (Lipinski definition) is 2. The Labute approximate surface area is 267 Å². The van der Waals surface area contributed by atoms with Gasteiger partial charge < -0.3 is 15.2 Å². The highest BCUT2D eigenvalue weighted by molar-refractivity contribution is 6.24. The number of amidine groups is 1. The number of carbonyl (C=O) groups excluding carboxylic acids is 1. The smallest absolute Gasteiger partial charge is 0.356 e. The van der Waals surface area contributed by atoms with Gasteiger partial charge in [0, 0.05) is 60.5 Å². The molecule has 1 aliphatic heterocycles. The Balaban J connectivity index is 1.33. The van der Waals surface area contributed by atoms with Crippen molar-refractivity contribution in [1.82, 2.24) is 38.8 Å². The van der Waals surface area contributed by atoms with E-state index in [4.69, 9.17) is 10.1 Å². The minimum atomic E-state index is -0.435. The fourth-order valence-corrected chi connectivity index (χ4v) is 6.38. The largest absolute Gasteiger partial charge is 0.381 e. The zero-order valence-corrected chi connectivity index (χ0v) is 26.4. The maximum absolute atomic E-state index is 14.9. The molecule has 0 saturated heterocycles. The molecule has 2 N–H and O–H groups in total. The molecule has 6 aromatic rings. The number of H-pyrrole nitrogens is 1. The highest BCUT2D eigenvalue weighted by Crippen LogP contribution is 2.42. The minimum absolute atomic E-state index is 0.0737. The molecule has 1 atom stereocenters. The number of benzene rings is 2. The summed E-state index contributed by atoms with van der Waals surface area (Å²) in [6.45, 7) is 5.79. The lowest BCUT2D eigenvalue weighted by atomic mass is 10.0. The van der Waals surface area contributed by atoms with E-state index < -0.39 is 6.04 Å². The number of anilines is 1. The molecule has 7 rings (SSSR count). The lowest BCUT2D eigenvalue weighted by molar-refractivity contribution is 0.0875. The van der Waals surface area contributed by atoms with Crippen LogP contribution in [0.5, 0.6) is 0 Å². The summed E-state index contributed by atoms with van der Waals surface area (Å²) in [7, 11) is 4.15. The summed E-state index contributed by atoms with van der Waals surface area (Å²) in [5, 5.41) is 14.3. The number of carbonyl (C=O) groups is 1. The second-order valence-electron chi connectivity index (χ2n) is 12.0. The Morgan fingerprint density at radius 3 is 2.41 bits per heavy atom. The van der Waals surface area contributed by atoms with Gasteiger partial charge in [0.25, 0.3) is 5.84 Å². The molecule has 0 aliphatic carbocycles. The average molecular weight is 614 g/mol. The molecule has 0 unspecified atom stereocenters. The van der Waals surface area contributed by atoms with Gasteiger partial charge >= 0.3 is 5.91 Å². The molecule has 4 aromatic heterocycles. The molecule has 2 aromatic carbocycles. The van der Waals surface area contributed by atoms with Crippen molar-refractivity contribution in [2.24, 2.45) is 5.10 Å². The number of aromatic amines is 1. The summed E-state index contributed by atoms with van der Waals surface area (Å²) >= 11 is 0. The maximum Gasteiger partial charge on any atom is 0.381 e. The number of para-hydroxylation sites is 2. The van der Waals surface area contributed by atoms with Gasteiger partial charge in [0.15, 0.2) is 17.1 Å². The van der Waals surface area contributed by atoms with E-state index in [1.165, 1.54) is 0 Å². The van der Waals surface area contributed by atoms with Crippen LogP contribution in [0.1, 0.15) is 29.4 Å². The number of hydrogen-bond acceptors (Lipinski definition) is 7. The van der Waals surface area contributed by atoms with Crippen LogP contribution < -0.4 is 9.80 Å². The van der Waals surface area contributed by atoms with E-state index in [9.17, 15) is 4.79 Å². The fraction of sp³-hybridized carbons (Fsp3) is 0.229. The van der Waals surface area contributed by atoms with Crippen LogP contribution >= 0.6 is 0 Å². The van der Waals surface area contributed by atoms with E-state index in [-0.39, 0.29) is 10.4 Å². The molecule has 0 bridgehead atoms. The van der Waals surface area contributed by atoms with Gasteiger partial charge in [-0.05, 0) is 52.5 Å². The molecule has 0 radical (unpaired) electrons. The molecule has 1 aliphatic rings. The molecule has 11 heteroatoms. The highest BCUT2D eigenvalue weighted by Gasteiger charge is 2.54. The summed E-state index contributed by atoms with van der Waals surface area (Å²) in [6.07, 6.45) is 10.3. The number of fused-ring (bicyclic) bond motifs is 2. The van der Waals surface area contributed by atoms with Crippen LogP contribution in [0.25, 0.3) is 22.2 Å². The molecular formula is C35H37N10O+. The fourth-order valence-electron chi connectivity index (χ4n) is 6.38. The third-order valence-electron chi connectivity index (χ3n) is 8.56. The molecule has 5 heterocycles. The van der Waals surface area contributed by atoms with E-state index in [2.05, 4.69) is 45.6 Å². The van der Waals surface area contributed by atoms with Crippen LogP contribution in [0.15, 0.2) is 103 Å². The Hall–Kier alpha value is -5.39. The van der Waals surface area contributed by atoms with E-state index in [0.29, 0.717) is 23.0 Å². The molecular weight excluding hydrogens is 576 g/mol. The van der Waals surface area contributed by atoms with Crippen molar-refractivity contribution in [2.75, 3.05) is 26.0 Å². The maximum atomic E-state index is 14.9. The summed E-state index contributed by atoms with van der Waals surface area (Å²) in [4.78, 5) is 29.6. The van der Waals surface area contributed by atoms with Gasteiger partial charge in [-0.15, -0.1) is 9.58 Å². The van der Waals surface area contributed by atoms with Crippen LogP contribution in [-0.4, -0.2) is 72.7 Å². The first-order valence-corrected chi connectivity index (χ1v) is 15.5. The molecule has 1 amide bonds. The van der Waals surface area contributed by atoms with Crippen molar-refractivity contribution < 1.29 is 4.79 Å². The Bertz CT molecular complexity index is 2000. The zero-order chi connectivity index (χ0) is 31.8. The summed E-state index contributed by atoms with van der Waals surface area (Å²) in [5.74, 6) is 1.18. The van der Waals surface area contributed by atoms with Gasteiger partial charge in [0.05, 0.1) is 11.6 Å². The second-order valence-corrected chi connectivity index (χ2v) is 12.0. The second kappa shape index (κ2) is 11.8. The number of amides is 1. The number of nitrogens with one attached hydrogen (secondary N) is 2. The average Bonchev–Trinajstić information content (AvgIpc) is 3.81. The zero-order valence-electron chi connectivity index (χ0n) is 26.4. The number of quaternary nitrogens is 1. The predicted octanol–water partition coefficient (Wildman–Crippen LogP) is 6.04. The molecule has 0 saturated carbocycles. The summed E-state index contributed by atoms with van der Waals surface area (Å²) in [5.41, 5.74) is 5.66. The van der Waals surface area contributed by atoms with Crippen LogP contribution in [0, 0.1) is 6.92 Å². The van der Waals surface area contributed by atoms with Crippen molar-refractivity contribution in [3.05, 3.63) is 109 Å². The van der Waals surface area contributed by atoms with E-state index in [0.717, 1.165) is 53.0 Å². The summed E-state index contributed by atoms with van der Waals surface area (Å²) in [6, 6.07) is 21.2. The predicted molar refractivity (Wildman–Crippen MR) is 182 cm³/mol. The summed E-state index contributed by atoms with van der Waals surface area (Å²) < 4.78 is 3.49. The van der Waals surface area contributed by atoms with E-state index >= 15 is 0 Å². The third kappa shape index (κ3) is 4.90. The number of rotatable bonds is 10. The number of nitrogens with zero attached hydrogens (tertiary/aromatic N) is 8. The molecule has 0 spiro atoms. The van der Waals surface area contributed by atoms with Gasteiger partial charge in [0.2, 0.25) is 0 Å². The van der Waals surface area contributed by atoms with Gasteiger partial charge in [0.1, 0.15) is 23.8 Å². The third-order valence-corrected chi connectivity index (χ3v) is 8.56. The van der Waals surface area contributed by atoms with Gasteiger partial charge in [-0.2, -0.15) is 5.10 Å². The first-order chi connectivity index (χ1) is 22.4. The van der Waals surface area contributed by atoms with Crippen molar-refractivity contribution in [1.29, 1.82) is 0 Å². The SMILES string of the molecule is Cc1ccn2c1C(=O)[N+](c1ccccc1)(c1ccccc1)C([C@H](C)Nc1ncnc3[nH]cc(-c4cnn(CCCN(C)C)c4)c13)=N2. The van der Waals surface area contributed by atoms with Gasteiger partial charge in [-0.25, -0.2) is 19.4 Å². The van der Waals surface area contributed by atoms with Crippen molar-refractivity contribution in [3.63, 3.8) is 0 Å². The van der Waals surface area contributed by atoms with Crippen molar-refractivity contribution in [3.8, 4) is 11.1 Å². The Morgan fingerprint density at radius 2 is 1.72 bits per heavy atom. The standard InChI is InChI=1S/C35H37N10O/c1-24-16-19-44-31(24)35(46)45(27-12-7-5-8-13-27,28-14-9-6-10-15-28)34(41-44)25(2)40-33-30-29(21-36-32(30)37-23-38-33)26-20-39-43(22-26)18-11-17-42(3)4/h5-10,12-16,19-23,25H,11,17-18H2,1-4H3,(H2,36,37,38,40)/q+1/t25-/m0/s1. The van der Waals surface area contributed by atoms with Crippen LogP contribution in [0.4, 0.5) is 17.2 Å². The van der Waals surface area contributed by atoms with E-state index in [1.807, 2.05) is 104 Å². The van der Waals surface area contributed by atoms with Crippen LogP contribution in [-0.2, 0) is 6.54 Å². The molecule has 11 nitrogen and oxygen atoms in total. The topological polar surface area (TPSA) is 109 Å². The lowest BCUT2D eigenvalue weighted by Gasteiger charge is -2.39. The van der Waals surface area contributed by atoms with Crippen LogP contribution in [0.2, 0.25) is 0 Å². The Kier molecular flexibility index (Phi) is 7.55. The van der Waals surface area contributed by atoms with Gasteiger partial charge in [-0.3, -0.25) is 4.68 Å². The number of aryl methyl sites for hydroxylation is 2. The van der Waals surface area contributed by atoms with Crippen LogP contribution in [0.3, 0.4) is 0 Å². The van der Waals surface area contributed by atoms with Crippen molar-refractivity contribution in [2.45, 2.75) is 32.9 Å². The van der Waals surface area contributed by atoms with Gasteiger partial charge in [-0.1, -0.05) is 36.4 Å². The minimum Gasteiger partial charge on any atom is -0.356 e. The van der Waals surface area contributed by atoms with Crippen molar-refractivity contribution >= 4 is 40.0 Å². The molecule has 46 heavy (non-hydrogen) atoms. The first kappa shape index (κ1) is 29.3. The molecule has 232 valence electrons. The van der Waals surface area contributed by atoms with E-state index in [1.54, 1.807) is 11.0 Å². The number of aromatic nitrogens is 6. The highest BCUT2D eigenvalue weighted by atomic mass is 16.2. The quantitative estimate of drug-likeness (QED) is 0.183. The normalized spacial score (nSPS) is 14.8. The molecule has 0 fully saturated rings. The Morgan fingerprint density at radius 1 is 1.00 bits per heavy atom.